The number of nitrogens with one attached hydrogen (secondary N) is 2. The highest BCUT2D eigenvalue weighted by molar-refractivity contribution is 7.89. The van der Waals surface area contributed by atoms with Gasteiger partial charge in [0.25, 0.3) is 5.56 Å². The maximum absolute atomic E-state index is 13.3. The molecule has 0 radical (unpaired) electrons. The van der Waals surface area contributed by atoms with Gasteiger partial charge in [0.05, 0.1) is 4.90 Å². The summed E-state index contributed by atoms with van der Waals surface area (Å²) >= 11 is 0. The second-order valence-corrected chi connectivity index (χ2v) is 8.49. The molecular weight excluding hydrogens is 367 g/mol. The Kier molecular flexibility index (Phi) is 5.17. The molecule has 5 nitrogen and oxygen atoms in total. The van der Waals surface area contributed by atoms with E-state index in [4.69, 9.17) is 0 Å². The first kappa shape index (κ1) is 19.3. The van der Waals surface area contributed by atoms with Crippen LogP contribution in [0.1, 0.15) is 22.3 Å². The summed E-state index contributed by atoms with van der Waals surface area (Å²) < 4.78 is 40.5. The van der Waals surface area contributed by atoms with E-state index in [0.717, 1.165) is 28.1 Å². The molecular formula is C20H21FN2O3S. The Morgan fingerprint density at radius 2 is 1.78 bits per heavy atom. The molecule has 0 aliphatic heterocycles. The SMILES string of the molecule is Cc1cc(C)c2cc(CCNS(=O)(=O)c3ccc(F)c(C)c3)c(=O)[nH]c2c1. The summed E-state index contributed by atoms with van der Waals surface area (Å²) in [4.78, 5) is 15.1. The minimum atomic E-state index is -3.77. The summed E-state index contributed by atoms with van der Waals surface area (Å²) in [5, 5.41) is 0.937. The average Bonchev–Trinajstić information content (AvgIpc) is 2.58. The fourth-order valence-corrected chi connectivity index (χ4v) is 4.21. The minimum Gasteiger partial charge on any atom is -0.322 e. The Morgan fingerprint density at radius 1 is 1.04 bits per heavy atom. The standard InChI is InChI=1S/C20H21FN2O3S/c1-12-8-13(2)17-11-15(20(24)23-19(17)9-12)6-7-22-27(25,26)16-4-5-18(21)14(3)10-16/h4-5,8-11,22H,6-7H2,1-3H3,(H,23,24). The summed E-state index contributed by atoms with van der Waals surface area (Å²) in [5.41, 5.74) is 3.41. The van der Waals surface area contributed by atoms with E-state index in [2.05, 4.69) is 9.71 Å². The van der Waals surface area contributed by atoms with Crippen LogP contribution in [-0.4, -0.2) is 19.9 Å². The lowest BCUT2D eigenvalue weighted by atomic mass is 10.0. The number of aryl methyl sites for hydroxylation is 3. The van der Waals surface area contributed by atoms with Gasteiger partial charge in [0.2, 0.25) is 10.0 Å². The van der Waals surface area contributed by atoms with Crippen LogP contribution in [0.4, 0.5) is 4.39 Å². The maximum atomic E-state index is 13.3. The molecule has 3 rings (SSSR count). The predicted molar refractivity (Wildman–Crippen MR) is 104 cm³/mol. The smallest absolute Gasteiger partial charge is 0.251 e. The summed E-state index contributed by atoms with van der Waals surface area (Å²) in [6.45, 7) is 5.51. The normalized spacial score (nSPS) is 11.9. The van der Waals surface area contributed by atoms with Crippen LogP contribution in [0.3, 0.4) is 0 Å². The molecule has 2 N–H and O–H groups in total. The molecule has 0 aliphatic rings. The van der Waals surface area contributed by atoms with Crippen molar-refractivity contribution in [1.29, 1.82) is 0 Å². The largest absolute Gasteiger partial charge is 0.322 e. The first-order valence-electron chi connectivity index (χ1n) is 8.56. The number of benzene rings is 2. The molecule has 1 aromatic heterocycles. The number of aromatic nitrogens is 1. The van der Waals surface area contributed by atoms with Crippen molar-refractivity contribution in [3.05, 3.63) is 74.8 Å². The van der Waals surface area contributed by atoms with Crippen molar-refractivity contribution >= 4 is 20.9 Å². The van der Waals surface area contributed by atoms with Crippen LogP contribution in [0.15, 0.2) is 46.1 Å². The second kappa shape index (κ2) is 7.25. The molecule has 0 amide bonds. The molecule has 0 saturated carbocycles. The third kappa shape index (κ3) is 4.09. The van der Waals surface area contributed by atoms with Crippen molar-refractivity contribution in [3.8, 4) is 0 Å². The van der Waals surface area contributed by atoms with Gasteiger partial charge < -0.3 is 4.98 Å². The molecule has 7 heteroatoms. The highest BCUT2D eigenvalue weighted by Gasteiger charge is 2.15. The third-order valence-corrected chi connectivity index (χ3v) is 5.97. The topological polar surface area (TPSA) is 79.0 Å². The van der Waals surface area contributed by atoms with Crippen molar-refractivity contribution < 1.29 is 12.8 Å². The number of rotatable bonds is 5. The number of pyridine rings is 1. The van der Waals surface area contributed by atoms with Crippen LogP contribution in [0.5, 0.6) is 0 Å². The Labute approximate surface area is 157 Å². The van der Waals surface area contributed by atoms with Crippen LogP contribution in [-0.2, 0) is 16.4 Å². The number of hydrogen-bond acceptors (Lipinski definition) is 3. The molecule has 0 bridgehead atoms. The number of aromatic amines is 1. The number of H-pyrrole nitrogens is 1. The van der Waals surface area contributed by atoms with Gasteiger partial charge in [-0.3, -0.25) is 4.79 Å². The fourth-order valence-electron chi connectivity index (χ4n) is 3.09. The van der Waals surface area contributed by atoms with E-state index in [1.54, 1.807) is 6.07 Å². The van der Waals surface area contributed by atoms with Crippen LogP contribution in [0, 0.1) is 26.6 Å². The molecule has 0 fully saturated rings. The summed E-state index contributed by atoms with van der Waals surface area (Å²) in [5.74, 6) is -0.456. The summed E-state index contributed by atoms with van der Waals surface area (Å²) in [7, 11) is -3.77. The molecule has 3 aromatic rings. The zero-order chi connectivity index (χ0) is 19.8. The molecule has 27 heavy (non-hydrogen) atoms. The monoisotopic (exact) mass is 388 g/mol. The van der Waals surface area contributed by atoms with E-state index < -0.39 is 15.8 Å². The molecule has 0 atom stereocenters. The van der Waals surface area contributed by atoms with Gasteiger partial charge in [0, 0.05) is 23.0 Å². The highest BCUT2D eigenvalue weighted by Crippen LogP contribution is 2.19. The average molecular weight is 388 g/mol. The Balaban J connectivity index is 1.79. The molecule has 1 heterocycles. The zero-order valence-electron chi connectivity index (χ0n) is 15.4. The van der Waals surface area contributed by atoms with Gasteiger partial charge >= 0.3 is 0 Å². The van der Waals surface area contributed by atoms with Crippen molar-refractivity contribution in [2.75, 3.05) is 6.54 Å². The van der Waals surface area contributed by atoms with E-state index >= 15 is 0 Å². The van der Waals surface area contributed by atoms with Gasteiger partial charge in [0.15, 0.2) is 0 Å². The first-order valence-corrected chi connectivity index (χ1v) is 10.0. The molecule has 0 aliphatic carbocycles. The van der Waals surface area contributed by atoms with Crippen molar-refractivity contribution in [1.82, 2.24) is 9.71 Å². The van der Waals surface area contributed by atoms with E-state index in [9.17, 15) is 17.6 Å². The lowest BCUT2D eigenvalue weighted by Crippen LogP contribution is -2.27. The van der Waals surface area contributed by atoms with Gasteiger partial charge in [-0.05, 0) is 74.2 Å². The lowest BCUT2D eigenvalue weighted by molar-refractivity contribution is 0.580. The second-order valence-electron chi connectivity index (χ2n) is 6.73. The van der Waals surface area contributed by atoms with Gasteiger partial charge in [-0.1, -0.05) is 6.07 Å². The summed E-state index contributed by atoms with van der Waals surface area (Å²) in [6.07, 6.45) is 0.248. The van der Waals surface area contributed by atoms with Crippen molar-refractivity contribution in [2.45, 2.75) is 32.1 Å². The predicted octanol–water partition coefficient (Wildman–Crippen LogP) is 3.11. The van der Waals surface area contributed by atoms with E-state index in [1.165, 1.54) is 19.1 Å². The van der Waals surface area contributed by atoms with Crippen molar-refractivity contribution in [2.24, 2.45) is 0 Å². The molecule has 0 saturated heterocycles. The van der Waals surface area contributed by atoms with E-state index in [0.29, 0.717) is 5.56 Å². The van der Waals surface area contributed by atoms with Crippen LogP contribution in [0.25, 0.3) is 10.9 Å². The van der Waals surface area contributed by atoms with Crippen LogP contribution < -0.4 is 10.3 Å². The number of hydrogen-bond donors (Lipinski definition) is 2. The minimum absolute atomic E-state index is 0.000130. The van der Waals surface area contributed by atoms with Gasteiger partial charge in [-0.15, -0.1) is 0 Å². The Bertz CT molecular complexity index is 1180. The van der Waals surface area contributed by atoms with Gasteiger partial charge in [-0.2, -0.15) is 0 Å². The zero-order valence-corrected chi connectivity index (χ0v) is 16.2. The van der Waals surface area contributed by atoms with Crippen LogP contribution >= 0.6 is 0 Å². The van der Waals surface area contributed by atoms with Gasteiger partial charge in [-0.25, -0.2) is 17.5 Å². The maximum Gasteiger partial charge on any atom is 0.251 e. The van der Waals surface area contributed by atoms with E-state index in [1.807, 2.05) is 26.0 Å². The van der Waals surface area contributed by atoms with E-state index in [-0.39, 0.29) is 29.0 Å². The number of halogens is 1. The van der Waals surface area contributed by atoms with Crippen molar-refractivity contribution in [3.63, 3.8) is 0 Å². The van der Waals surface area contributed by atoms with Crippen LogP contribution in [0.2, 0.25) is 0 Å². The summed E-state index contributed by atoms with van der Waals surface area (Å²) in [6, 6.07) is 9.38. The Hall–Kier alpha value is -2.51. The highest BCUT2D eigenvalue weighted by atomic mass is 32.2. The van der Waals surface area contributed by atoms with Gasteiger partial charge in [0.1, 0.15) is 5.82 Å². The molecule has 2 aromatic carbocycles. The molecule has 0 spiro atoms. The Morgan fingerprint density at radius 3 is 2.48 bits per heavy atom. The third-order valence-electron chi connectivity index (χ3n) is 4.52. The quantitative estimate of drug-likeness (QED) is 0.705. The lowest BCUT2D eigenvalue weighted by Gasteiger charge is -2.09. The number of sulfonamides is 1. The number of fused-ring (bicyclic) bond motifs is 1. The fraction of sp³-hybridized carbons (Fsp3) is 0.250. The first-order chi connectivity index (χ1) is 12.7. The molecule has 142 valence electrons. The molecule has 0 unspecified atom stereocenters.